The van der Waals surface area contributed by atoms with Gasteiger partial charge in [0.25, 0.3) is 0 Å². The Kier molecular flexibility index (Phi) is 4.10. The number of hydrogen-bond donors (Lipinski definition) is 1. The van der Waals surface area contributed by atoms with Gasteiger partial charge in [-0.25, -0.2) is 9.97 Å². The topological polar surface area (TPSA) is 81.8 Å². The molecule has 0 aliphatic heterocycles. The second kappa shape index (κ2) is 6.72. The molecule has 0 unspecified atom stereocenters. The number of hydrazone groups is 1. The molecule has 0 aliphatic rings. The predicted octanol–water partition coefficient (Wildman–Crippen LogP) is 3.84. The molecular weight excluding hydrogens is 332 g/mol. The van der Waals surface area contributed by atoms with Crippen LogP contribution in [0.1, 0.15) is 5.56 Å². The van der Waals surface area contributed by atoms with Crippen molar-refractivity contribution in [3.05, 3.63) is 54.4 Å². The maximum atomic E-state index is 5.86. The number of fused-ring (bicyclic) bond motifs is 3. The molecule has 2 heterocycles. The van der Waals surface area contributed by atoms with E-state index in [0.717, 1.165) is 22.0 Å². The van der Waals surface area contributed by atoms with Gasteiger partial charge < -0.3 is 13.9 Å². The summed E-state index contributed by atoms with van der Waals surface area (Å²) >= 11 is 0. The van der Waals surface area contributed by atoms with E-state index < -0.39 is 0 Å². The minimum atomic E-state index is 0.498. The lowest BCUT2D eigenvalue weighted by Crippen LogP contribution is -1.96. The summed E-state index contributed by atoms with van der Waals surface area (Å²) < 4.78 is 16.4. The van der Waals surface area contributed by atoms with Gasteiger partial charge in [0.1, 0.15) is 28.9 Å². The monoisotopic (exact) mass is 348 g/mol. The van der Waals surface area contributed by atoms with E-state index in [1.165, 1.54) is 6.33 Å². The zero-order valence-corrected chi connectivity index (χ0v) is 14.3. The first-order valence-electron chi connectivity index (χ1n) is 7.93. The molecule has 130 valence electrons. The Morgan fingerprint density at radius 1 is 1.04 bits per heavy atom. The van der Waals surface area contributed by atoms with Gasteiger partial charge >= 0.3 is 0 Å². The summed E-state index contributed by atoms with van der Waals surface area (Å²) in [7, 11) is 3.21. The van der Waals surface area contributed by atoms with Gasteiger partial charge in [0.2, 0.25) is 0 Å². The first-order chi connectivity index (χ1) is 12.8. The molecule has 1 N–H and O–H groups in total. The lowest BCUT2D eigenvalue weighted by molar-refractivity contribution is 0.394. The fraction of sp³-hybridized carbons (Fsp3) is 0.105. The third-order valence-electron chi connectivity index (χ3n) is 3.92. The van der Waals surface area contributed by atoms with Crippen LogP contribution < -0.4 is 14.9 Å². The van der Waals surface area contributed by atoms with Gasteiger partial charge in [0.05, 0.1) is 20.4 Å². The van der Waals surface area contributed by atoms with E-state index in [9.17, 15) is 0 Å². The summed E-state index contributed by atoms with van der Waals surface area (Å²) in [5.74, 6) is 1.87. The van der Waals surface area contributed by atoms with E-state index in [0.29, 0.717) is 22.9 Å². The highest BCUT2D eigenvalue weighted by Crippen LogP contribution is 2.30. The number of benzene rings is 2. The molecule has 7 nitrogen and oxygen atoms in total. The number of furan rings is 1. The fourth-order valence-electron chi connectivity index (χ4n) is 2.68. The standard InChI is InChI=1S/C19H16N4O3/c1-24-13-7-12(8-14(9-13)25-2)10-22-23-19-18-17(20-11-21-19)15-5-3-4-6-16(15)26-18/h3-11H,1-2H3,(H,20,21,23)/b22-10-. The van der Waals surface area contributed by atoms with Crippen molar-refractivity contribution in [2.75, 3.05) is 19.6 Å². The van der Waals surface area contributed by atoms with Crippen LogP contribution in [-0.4, -0.2) is 30.4 Å². The van der Waals surface area contributed by atoms with Gasteiger partial charge in [-0.2, -0.15) is 5.10 Å². The lowest BCUT2D eigenvalue weighted by Gasteiger charge is -2.05. The number of rotatable bonds is 5. The predicted molar refractivity (Wildman–Crippen MR) is 100 cm³/mol. The van der Waals surface area contributed by atoms with Gasteiger partial charge in [0, 0.05) is 17.0 Å². The Morgan fingerprint density at radius 2 is 1.81 bits per heavy atom. The summed E-state index contributed by atoms with van der Waals surface area (Å²) in [6.07, 6.45) is 3.14. The molecule has 0 radical (unpaired) electrons. The zero-order chi connectivity index (χ0) is 17.9. The molecule has 2 aromatic heterocycles. The van der Waals surface area contributed by atoms with Crippen molar-refractivity contribution in [2.24, 2.45) is 5.10 Å². The molecule has 4 rings (SSSR count). The molecule has 0 amide bonds. The first kappa shape index (κ1) is 15.9. The van der Waals surface area contributed by atoms with Crippen LogP contribution in [-0.2, 0) is 0 Å². The molecule has 0 spiro atoms. The smallest absolute Gasteiger partial charge is 0.197 e. The van der Waals surface area contributed by atoms with Crippen molar-refractivity contribution in [1.29, 1.82) is 0 Å². The Balaban J connectivity index is 1.65. The molecule has 0 bridgehead atoms. The summed E-state index contributed by atoms with van der Waals surface area (Å²) in [5, 5.41) is 5.19. The molecule has 26 heavy (non-hydrogen) atoms. The molecule has 0 aliphatic carbocycles. The summed E-state index contributed by atoms with van der Waals surface area (Å²) in [6.45, 7) is 0. The summed E-state index contributed by atoms with van der Waals surface area (Å²) in [5.41, 5.74) is 5.81. The number of methoxy groups -OCH3 is 2. The number of nitrogens with one attached hydrogen (secondary N) is 1. The van der Waals surface area contributed by atoms with Crippen molar-refractivity contribution in [3.63, 3.8) is 0 Å². The maximum absolute atomic E-state index is 5.86. The quantitative estimate of drug-likeness (QED) is 0.436. The van der Waals surface area contributed by atoms with Crippen molar-refractivity contribution in [3.8, 4) is 11.5 Å². The van der Waals surface area contributed by atoms with Crippen LogP contribution in [0.4, 0.5) is 5.82 Å². The third kappa shape index (κ3) is 2.90. The fourth-order valence-corrected chi connectivity index (χ4v) is 2.68. The molecular formula is C19H16N4O3. The van der Waals surface area contributed by atoms with Crippen LogP contribution in [0.3, 0.4) is 0 Å². The number of anilines is 1. The number of hydrogen-bond acceptors (Lipinski definition) is 7. The highest BCUT2D eigenvalue weighted by Gasteiger charge is 2.12. The molecule has 0 fully saturated rings. The lowest BCUT2D eigenvalue weighted by atomic mass is 10.2. The van der Waals surface area contributed by atoms with Crippen LogP contribution in [0.25, 0.3) is 22.1 Å². The molecule has 2 aromatic carbocycles. The molecule has 0 saturated heterocycles. The van der Waals surface area contributed by atoms with Gasteiger partial charge in [-0.1, -0.05) is 12.1 Å². The van der Waals surface area contributed by atoms with Crippen molar-refractivity contribution in [2.45, 2.75) is 0 Å². The van der Waals surface area contributed by atoms with E-state index >= 15 is 0 Å². The van der Waals surface area contributed by atoms with Gasteiger partial charge in [-0.15, -0.1) is 0 Å². The van der Waals surface area contributed by atoms with Crippen LogP contribution in [0.5, 0.6) is 11.5 Å². The van der Waals surface area contributed by atoms with E-state index in [4.69, 9.17) is 13.9 Å². The highest BCUT2D eigenvalue weighted by atomic mass is 16.5. The summed E-state index contributed by atoms with van der Waals surface area (Å²) in [6, 6.07) is 13.2. The second-order valence-electron chi connectivity index (χ2n) is 5.51. The van der Waals surface area contributed by atoms with Crippen LogP contribution in [0.15, 0.2) is 58.3 Å². The first-order valence-corrected chi connectivity index (χ1v) is 7.93. The molecule has 7 heteroatoms. The average Bonchev–Trinajstić information content (AvgIpc) is 3.07. The molecule has 4 aromatic rings. The zero-order valence-electron chi connectivity index (χ0n) is 14.3. The SMILES string of the molecule is COc1cc(/C=N\Nc2ncnc3c2oc2ccccc23)cc(OC)c1. The van der Waals surface area contributed by atoms with Crippen LogP contribution in [0, 0.1) is 0 Å². The minimum Gasteiger partial charge on any atom is -0.497 e. The van der Waals surface area contributed by atoms with Crippen molar-refractivity contribution < 1.29 is 13.9 Å². The number of nitrogens with zero attached hydrogens (tertiary/aromatic N) is 3. The minimum absolute atomic E-state index is 0.498. The number of ether oxygens (including phenoxy) is 2. The maximum Gasteiger partial charge on any atom is 0.197 e. The normalized spacial score (nSPS) is 11.3. The van der Waals surface area contributed by atoms with Crippen molar-refractivity contribution in [1.82, 2.24) is 9.97 Å². The third-order valence-corrected chi connectivity index (χ3v) is 3.92. The Morgan fingerprint density at radius 3 is 2.58 bits per heavy atom. The van der Waals surface area contributed by atoms with E-state index in [1.54, 1.807) is 26.5 Å². The van der Waals surface area contributed by atoms with Crippen LogP contribution in [0.2, 0.25) is 0 Å². The van der Waals surface area contributed by atoms with E-state index in [-0.39, 0.29) is 0 Å². The van der Waals surface area contributed by atoms with E-state index in [2.05, 4.69) is 20.5 Å². The average molecular weight is 348 g/mol. The summed E-state index contributed by atoms with van der Waals surface area (Å²) in [4.78, 5) is 8.53. The number of aromatic nitrogens is 2. The van der Waals surface area contributed by atoms with Crippen molar-refractivity contribution >= 4 is 34.1 Å². The van der Waals surface area contributed by atoms with Gasteiger partial charge in [-0.3, -0.25) is 5.43 Å². The number of para-hydroxylation sites is 1. The Bertz CT molecular complexity index is 1080. The second-order valence-corrected chi connectivity index (χ2v) is 5.51. The Hall–Kier alpha value is -3.61. The highest BCUT2D eigenvalue weighted by molar-refractivity contribution is 6.05. The van der Waals surface area contributed by atoms with E-state index in [1.807, 2.05) is 36.4 Å². The molecule has 0 saturated carbocycles. The molecule has 0 atom stereocenters. The largest absolute Gasteiger partial charge is 0.497 e. The van der Waals surface area contributed by atoms with Gasteiger partial charge in [-0.05, 0) is 24.3 Å². The Labute approximate surface area is 149 Å². The van der Waals surface area contributed by atoms with Crippen LogP contribution >= 0.6 is 0 Å². The van der Waals surface area contributed by atoms with Gasteiger partial charge in [0.15, 0.2) is 11.4 Å².